The van der Waals surface area contributed by atoms with Crippen molar-refractivity contribution in [3.8, 4) is 0 Å². The predicted octanol–water partition coefficient (Wildman–Crippen LogP) is 0.213. The zero-order chi connectivity index (χ0) is 8.10. The third kappa shape index (κ3) is 2.63. The summed E-state index contributed by atoms with van der Waals surface area (Å²) in [6, 6.07) is 0. The number of thiocarbonyl (C=S) groups is 1. The number of hydrogen-bond donors (Lipinski definition) is 1. The van der Waals surface area contributed by atoms with E-state index in [4.69, 9.17) is 17.0 Å². The number of nitrogens with zero attached hydrogens (tertiary/aromatic N) is 1. The molecule has 11 heavy (non-hydrogen) atoms. The van der Waals surface area contributed by atoms with Crippen molar-refractivity contribution in [2.45, 2.75) is 6.42 Å². The summed E-state index contributed by atoms with van der Waals surface area (Å²) in [4.78, 5) is 2.14. The van der Waals surface area contributed by atoms with Gasteiger partial charge in [0, 0.05) is 26.7 Å². The fourth-order valence-corrected chi connectivity index (χ4v) is 1.29. The molecule has 0 radical (unpaired) electrons. The molecule has 0 bridgehead atoms. The van der Waals surface area contributed by atoms with Crippen LogP contribution in [0.2, 0.25) is 0 Å². The van der Waals surface area contributed by atoms with Gasteiger partial charge >= 0.3 is 0 Å². The SMILES string of the molecule is CNC(=S)N1CCCOCC1. The Morgan fingerprint density at radius 2 is 2.27 bits per heavy atom. The first-order valence-corrected chi connectivity index (χ1v) is 4.30. The fraction of sp³-hybridized carbons (Fsp3) is 0.857. The highest BCUT2D eigenvalue weighted by Crippen LogP contribution is 1.98. The van der Waals surface area contributed by atoms with E-state index in [1.807, 2.05) is 7.05 Å². The standard InChI is InChI=1S/C7H14N2OS/c1-8-7(11)9-3-2-5-10-6-4-9/h2-6H2,1H3,(H,8,11). The Balaban J connectivity index is 2.36. The van der Waals surface area contributed by atoms with Crippen LogP contribution in [0.1, 0.15) is 6.42 Å². The average Bonchev–Trinajstić information content (AvgIpc) is 2.30. The van der Waals surface area contributed by atoms with Crippen LogP contribution in [0.3, 0.4) is 0 Å². The van der Waals surface area contributed by atoms with Gasteiger partial charge < -0.3 is 15.0 Å². The van der Waals surface area contributed by atoms with Gasteiger partial charge in [0.05, 0.1) is 6.61 Å². The molecular formula is C7H14N2OS. The summed E-state index contributed by atoms with van der Waals surface area (Å²) in [7, 11) is 1.86. The molecule has 0 aliphatic carbocycles. The molecule has 1 aliphatic rings. The van der Waals surface area contributed by atoms with Crippen LogP contribution in [0.25, 0.3) is 0 Å². The van der Waals surface area contributed by atoms with Crippen LogP contribution in [0, 0.1) is 0 Å². The highest BCUT2D eigenvalue weighted by atomic mass is 32.1. The minimum atomic E-state index is 0.793. The van der Waals surface area contributed by atoms with Crippen LogP contribution in [0.5, 0.6) is 0 Å². The maximum absolute atomic E-state index is 5.29. The Labute approximate surface area is 72.7 Å². The Hall–Kier alpha value is -0.350. The summed E-state index contributed by atoms with van der Waals surface area (Å²) in [6.07, 6.45) is 1.07. The van der Waals surface area contributed by atoms with Gasteiger partial charge in [0.15, 0.2) is 5.11 Å². The molecule has 0 unspecified atom stereocenters. The molecule has 0 aromatic heterocycles. The Bertz CT molecular complexity index is 132. The van der Waals surface area contributed by atoms with Crippen LogP contribution in [-0.4, -0.2) is 43.4 Å². The second-order valence-corrected chi connectivity index (χ2v) is 2.89. The lowest BCUT2D eigenvalue weighted by molar-refractivity contribution is 0.147. The van der Waals surface area contributed by atoms with Gasteiger partial charge in [-0.3, -0.25) is 0 Å². The molecule has 0 aromatic carbocycles. The summed E-state index contributed by atoms with van der Waals surface area (Å²) in [5, 5.41) is 3.79. The Morgan fingerprint density at radius 1 is 1.45 bits per heavy atom. The van der Waals surface area contributed by atoms with Crippen LogP contribution < -0.4 is 5.32 Å². The molecular weight excluding hydrogens is 160 g/mol. The molecule has 1 aliphatic heterocycles. The maximum atomic E-state index is 5.29. The smallest absolute Gasteiger partial charge is 0.168 e. The van der Waals surface area contributed by atoms with E-state index < -0.39 is 0 Å². The van der Waals surface area contributed by atoms with Gasteiger partial charge in [0.2, 0.25) is 0 Å². The first kappa shape index (κ1) is 8.74. The number of hydrogen-bond acceptors (Lipinski definition) is 2. The molecule has 1 heterocycles. The fourth-order valence-electron chi connectivity index (χ4n) is 1.11. The van der Waals surface area contributed by atoms with Gasteiger partial charge in [-0.15, -0.1) is 0 Å². The first-order valence-electron chi connectivity index (χ1n) is 3.89. The van der Waals surface area contributed by atoms with E-state index in [0.29, 0.717) is 0 Å². The van der Waals surface area contributed by atoms with Crippen molar-refractivity contribution in [2.24, 2.45) is 0 Å². The van der Waals surface area contributed by atoms with Gasteiger partial charge in [0.1, 0.15) is 0 Å². The van der Waals surface area contributed by atoms with Crippen molar-refractivity contribution < 1.29 is 4.74 Å². The monoisotopic (exact) mass is 174 g/mol. The summed E-state index contributed by atoms with van der Waals surface area (Å²) < 4.78 is 5.29. The predicted molar refractivity (Wildman–Crippen MR) is 48.7 cm³/mol. The molecule has 1 saturated heterocycles. The first-order chi connectivity index (χ1) is 5.34. The second kappa shape index (κ2) is 4.51. The van der Waals surface area contributed by atoms with E-state index in [9.17, 15) is 0 Å². The molecule has 0 amide bonds. The van der Waals surface area contributed by atoms with Crippen molar-refractivity contribution in [3.05, 3.63) is 0 Å². The van der Waals surface area contributed by atoms with Gasteiger partial charge in [-0.1, -0.05) is 0 Å². The van der Waals surface area contributed by atoms with E-state index >= 15 is 0 Å². The molecule has 0 saturated carbocycles. The molecule has 0 atom stereocenters. The normalized spacial score (nSPS) is 19.2. The van der Waals surface area contributed by atoms with Crippen molar-refractivity contribution in [1.29, 1.82) is 0 Å². The summed E-state index contributed by atoms with van der Waals surface area (Å²) >= 11 is 5.09. The Morgan fingerprint density at radius 3 is 3.00 bits per heavy atom. The van der Waals surface area contributed by atoms with E-state index in [1.54, 1.807) is 0 Å². The Kier molecular flexibility index (Phi) is 3.59. The van der Waals surface area contributed by atoms with Gasteiger partial charge in [0.25, 0.3) is 0 Å². The number of ether oxygens (including phenoxy) is 1. The van der Waals surface area contributed by atoms with Crippen molar-refractivity contribution in [1.82, 2.24) is 10.2 Å². The largest absolute Gasteiger partial charge is 0.380 e. The summed E-state index contributed by atoms with van der Waals surface area (Å²) in [5.74, 6) is 0. The molecule has 4 heteroatoms. The maximum Gasteiger partial charge on any atom is 0.168 e. The van der Waals surface area contributed by atoms with Crippen LogP contribution in [-0.2, 0) is 4.74 Å². The second-order valence-electron chi connectivity index (χ2n) is 2.51. The van der Waals surface area contributed by atoms with Crippen LogP contribution in [0.4, 0.5) is 0 Å². The zero-order valence-electron chi connectivity index (χ0n) is 6.80. The number of nitrogens with one attached hydrogen (secondary N) is 1. The number of rotatable bonds is 0. The third-order valence-corrected chi connectivity index (χ3v) is 2.19. The highest BCUT2D eigenvalue weighted by molar-refractivity contribution is 7.80. The molecule has 1 N–H and O–H groups in total. The lowest BCUT2D eigenvalue weighted by atomic mass is 10.4. The molecule has 1 rings (SSSR count). The van der Waals surface area contributed by atoms with Gasteiger partial charge in [-0.2, -0.15) is 0 Å². The average molecular weight is 174 g/mol. The topological polar surface area (TPSA) is 24.5 Å². The van der Waals surface area contributed by atoms with Crippen LogP contribution >= 0.6 is 12.2 Å². The van der Waals surface area contributed by atoms with Gasteiger partial charge in [-0.25, -0.2) is 0 Å². The molecule has 0 spiro atoms. The molecule has 3 nitrogen and oxygen atoms in total. The van der Waals surface area contributed by atoms with E-state index in [2.05, 4.69) is 10.2 Å². The van der Waals surface area contributed by atoms with Gasteiger partial charge in [-0.05, 0) is 18.6 Å². The van der Waals surface area contributed by atoms with Crippen molar-refractivity contribution in [3.63, 3.8) is 0 Å². The molecule has 0 aromatic rings. The third-order valence-electron chi connectivity index (χ3n) is 1.72. The summed E-state index contributed by atoms with van der Waals surface area (Å²) in [5.41, 5.74) is 0. The minimum Gasteiger partial charge on any atom is -0.380 e. The summed E-state index contributed by atoms with van der Waals surface area (Å²) in [6.45, 7) is 3.59. The van der Waals surface area contributed by atoms with Crippen molar-refractivity contribution in [2.75, 3.05) is 33.4 Å². The molecule has 1 fully saturated rings. The molecule has 64 valence electrons. The van der Waals surface area contributed by atoms with Crippen LogP contribution in [0.15, 0.2) is 0 Å². The highest BCUT2D eigenvalue weighted by Gasteiger charge is 2.10. The zero-order valence-corrected chi connectivity index (χ0v) is 7.62. The quantitative estimate of drug-likeness (QED) is 0.531. The van der Waals surface area contributed by atoms with E-state index in [0.717, 1.165) is 37.8 Å². The lowest BCUT2D eigenvalue weighted by Crippen LogP contribution is -2.39. The minimum absolute atomic E-state index is 0.793. The van der Waals surface area contributed by atoms with E-state index in [1.165, 1.54) is 0 Å². The lowest BCUT2D eigenvalue weighted by Gasteiger charge is -2.21. The van der Waals surface area contributed by atoms with Crippen molar-refractivity contribution >= 4 is 17.3 Å². The van der Waals surface area contributed by atoms with E-state index in [-0.39, 0.29) is 0 Å².